The van der Waals surface area contributed by atoms with Crippen LogP contribution in [0.15, 0.2) is 22.7 Å². The Bertz CT molecular complexity index is 508. The largest absolute Gasteiger partial charge is 0.356 e. The van der Waals surface area contributed by atoms with Gasteiger partial charge in [0.05, 0.1) is 0 Å². The molecule has 0 atom stereocenters. The fourth-order valence-electron chi connectivity index (χ4n) is 2.83. The Kier molecular flexibility index (Phi) is 5.44. The first-order chi connectivity index (χ1) is 9.89. The molecule has 0 aliphatic carbocycles. The number of hydrogen-bond donors (Lipinski definition) is 1. The Morgan fingerprint density at radius 1 is 1.38 bits per heavy atom. The van der Waals surface area contributed by atoms with Crippen molar-refractivity contribution in [2.45, 2.75) is 40.2 Å². The molecular formula is C17H25BrN2O. The van der Waals surface area contributed by atoms with Gasteiger partial charge in [0.2, 0.25) is 5.91 Å². The Labute approximate surface area is 136 Å². The fourth-order valence-corrected chi connectivity index (χ4v) is 3.24. The number of carbonyl (C=O) groups is 1. The van der Waals surface area contributed by atoms with Crippen LogP contribution in [0.5, 0.6) is 0 Å². The molecule has 0 bridgehead atoms. The number of benzene rings is 1. The van der Waals surface area contributed by atoms with Gasteiger partial charge in [-0.3, -0.25) is 9.69 Å². The average molecular weight is 353 g/mol. The number of amides is 1. The molecule has 0 aromatic heterocycles. The number of nitrogens with one attached hydrogen (secondary N) is 1. The van der Waals surface area contributed by atoms with E-state index in [-0.39, 0.29) is 11.3 Å². The summed E-state index contributed by atoms with van der Waals surface area (Å²) in [5.41, 5.74) is 2.98. The lowest BCUT2D eigenvalue weighted by Crippen LogP contribution is -2.44. The number of rotatable bonds is 4. The molecule has 4 heteroatoms. The Balaban J connectivity index is 1.89. The highest BCUT2D eigenvalue weighted by molar-refractivity contribution is 9.10. The summed E-state index contributed by atoms with van der Waals surface area (Å²) in [5, 5.41) is 2.97. The van der Waals surface area contributed by atoms with Gasteiger partial charge in [0, 0.05) is 24.5 Å². The maximum absolute atomic E-state index is 11.1. The van der Waals surface area contributed by atoms with Crippen molar-refractivity contribution < 1.29 is 4.79 Å². The third-order valence-electron chi connectivity index (χ3n) is 4.60. The van der Waals surface area contributed by atoms with Crippen LogP contribution in [0.1, 0.15) is 37.8 Å². The zero-order valence-corrected chi connectivity index (χ0v) is 14.8. The van der Waals surface area contributed by atoms with Crippen molar-refractivity contribution in [3.63, 3.8) is 0 Å². The van der Waals surface area contributed by atoms with E-state index < -0.39 is 0 Å². The number of likely N-dealkylation sites (tertiary alicyclic amines) is 1. The second-order valence-electron chi connectivity index (χ2n) is 6.52. The van der Waals surface area contributed by atoms with E-state index in [0.717, 1.165) is 39.0 Å². The molecule has 2 rings (SSSR count). The maximum Gasteiger partial charge on any atom is 0.216 e. The Hall–Kier alpha value is -0.870. The van der Waals surface area contributed by atoms with Crippen LogP contribution in [0.4, 0.5) is 0 Å². The third-order valence-corrected chi connectivity index (χ3v) is 5.46. The van der Waals surface area contributed by atoms with Crippen molar-refractivity contribution in [3.8, 4) is 0 Å². The summed E-state index contributed by atoms with van der Waals surface area (Å²) in [7, 11) is 0. The summed E-state index contributed by atoms with van der Waals surface area (Å²) < 4.78 is 1.19. The number of halogens is 1. The molecule has 116 valence electrons. The molecule has 1 N–H and O–H groups in total. The van der Waals surface area contributed by atoms with E-state index in [2.05, 4.69) is 58.2 Å². The van der Waals surface area contributed by atoms with Gasteiger partial charge >= 0.3 is 0 Å². The highest BCUT2D eigenvalue weighted by Gasteiger charge is 2.30. The van der Waals surface area contributed by atoms with E-state index in [1.165, 1.54) is 15.6 Å². The minimum absolute atomic E-state index is 0.0726. The molecule has 1 saturated heterocycles. The summed E-state index contributed by atoms with van der Waals surface area (Å²) in [5.74, 6) is 0.0726. The van der Waals surface area contributed by atoms with E-state index >= 15 is 0 Å². The van der Waals surface area contributed by atoms with Gasteiger partial charge in [0.1, 0.15) is 0 Å². The molecule has 1 aliphatic rings. The van der Waals surface area contributed by atoms with Gasteiger partial charge in [-0.1, -0.05) is 35.0 Å². The van der Waals surface area contributed by atoms with Gasteiger partial charge in [-0.2, -0.15) is 0 Å². The average Bonchev–Trinajstić information content (AvgIpc) is 2.45. The first-order valence-corrected chi connectivity index (χ1v) is 8.40. The molecule has 1 heterocycles. The Morgan fingerprint density at radius 3 is 2.67 bits per heavy atom. The molecule has 0 spiro atoms. The van der Waals surface area contributed by atoms with E-state index in [0.29, 0.717) is 0 Å². The van der Waals surface area contributed by atoms with Crippen molar-refractivity contribution in [1.82, 2.24) is 10.2 Å². The molecular weight excluding hydrogens is 328 g/mol. The Morgan fingerprint density at radius 2 is 2.05 bits per heavy atom. The number of piperidine rings is 1. The van der Waals surface area contributed by atoms with E-state index in [9.17, 15) is 4.79 Å². The summed E-state index contributed by atoms with van der Waals surface area (Å²) in [6.45, 7) is 10.1. The monoisotopic (exact) mass is 352 g/mol. The smallest absolute Gasteiger partial charge is 0.216 e. The molecule has 1 aromatic carbocycles. The lowest BCUT2D eigenvalue weighted by Gasteiger charge is -2.39. The van der Waals surface area contributed by atoms with Gasteiger partial charge in [-0.05, 0) is 55.5 Å². The molecule has 21 heavy (non-hydrogen) atoms. The van der Waals surface area contributed by atoms with Gasteiger partial charge in [0.25, 0.3) is 0 Å². The SMILES string of the molecule is CC(=O)NCC1(C)CCN(Cc2cccc(Br)c2C)CC1. The molecule has 1 amide bonds. The van der Waals surface area contributed by atoms with Crippen molar-refractivity contribution in [2.75, 3.05) is 19.6 Å². The van der Waals surface area contributed by atoms with Gasteiger partial charge < -0.3 is 5.32 Å². The highest BCUT2D eigenvalue weighted by atomic mass is 79.9. The minimum Gasteiger partial charge on any atom is -0.356 e. The lowest BCUT2D eigenvalue weighted by atomic mass is 9.80. The maximum atomic E-state index is 11.1. The van der Waals surface area contributed by atoms with Crippen molar-refractivity contribution in [3.05, 3.63) is 33.8 Å². The van der Waals surface area contributed by atoms with Gasteiger partial charge in [0.15, 0.2) is 0 Å². The summed E-state index contributed by atoms with van der Waals surface area (Å²) in [4.78, 5) is 13.6. The van der Waals surface area contributed by atoms with Crippen LogP contribution in [0, 0.1) is 12.3 Å². The number of carbonyl (C=O) groups excluding carboxylic acids is 1. The summed E-state index contributed by atoms with van der Waals surface area (Å²) in [6.07, 6.45) is 2.28. The second kappa shape index (κ2) is 6.93. The number of nitrogens with zero attached hydrogens (tertiary/aromatic N) is 1. The molecule has 0 saturated carbocycles. The third kappa shape index (κ3) is 4.55. The quantitative estimate of drug-likeness (QED) is 0.899. The van der Waals surface area contributed by atoms with E-state index in [1.54, 1.807) is 6.92 Å². The van der Waals surface area contributed by atoms with E-state index in [1.807, 2.05) is 0 Å². The molecule has 3 nitrogen and oxygen atoms in total. The van der Waals surface area contributed by atoms with Crippen LogP contribution in [0.25, 0.3) is 0 Å². The molecule has 1 aliphatic heterocycles. The van der Waals surface area contributed by atoms with Crippen LogP contribution in [0.3, 0.4) is 0 Å². The molecule has 0 radical (unpaired) electrons. The van der Waals surface area contributed by atoms with E-state index in [4.69, 9.17) is 0 Å². The zero-order valence-electron chi connectivity index (χ0n) is 13.2. The zero-order chi connectivity index (χ0) is 15.5. The topological polar surface area (TPSA) is 32.3 Å². The number of hydrogen-bond acceptors (Lipinski definition) is 2. The molecule has 1 aromatic rings. The second-order valence-corrected chi connectivity index (χ2v) is 7.37. The van der Waals surface area contributed by atoms with Crippen LogP contribution in [-0.4, -0.2) is 30.4 Å². The normalized spacial score (nSPS) is 18.5. The minimum atomic E-state index is 0.0726. The summed E-state index contributed by atoms with van der Waals surface area (Å²) >= 11 is 3.60. The predicted molar refractivity (Wildman–Crippen MR) is 90.2 cm³/mol. The molecule has 0 unspecified atom stereocenters. The van der Waals surface area contributed by atoms with Crippen LogP contribution in [-0.2, 0) is 11.3 Å². The first-order valence-electron chi connectivity index (χ1n) is 7.60. The van der Waals surface area contributed by atoms with Crippen LogP contribution < -0.4 is 5.32 Å². The lowest BCUT2D eigenvalue weighted by molar-refractivity contribution is -0.119. The molecule has 1 fully saturated rings. The van der Waals surface area contributed by atoms with Gasteiger partial charge in [-0.25, -0.2) is 0 Å². The van der Waals surface area contributed by atoms with Crippen LogP contribution >= 0.6 is 15.9 Å². The van der Waals surface area contributed by atoms with Crippen molar-refractivity contribution in [2.24, 2.45) is 5.41 Å². The predicted octanol–water partition coefficient (Wildman–Crippen LogP) is 3.50. The van der Waals surface area contributed by atoms with Crippen LogP contribution in [0.2, 0.25) is 0 Å². The standard InChI is InChI=1S/C17H25BrN2O/c1-13-15(5-4-6-16(13)18)11-20-9-7-17(3,8-10-20)12-19-14(2)21/h4-6H,7-12H2,1-3H3,(H,19,21). The van der Waals surface area contributed by atoms with Gasteiger partial charge in [-0.15, -0.1) is 0 Å². The van der Waals surface area contributed by atoms with Crippen molar-refractivity contribution >= 4 is 21.8 Å². The summed E-state index contributed by atoms with van der Waals surface area (Å²) in [6, 6.07) is 6.42. The first kappa shape index (κ1) is 16.5. The van der Waals surface area contributed by atoms with Crippen molar-refractivity contribution in [1.29, 1.82) is 0 Å². The highest BCUT2D eigenvalue weighted by Crippen LogP contribution is 2.31. The fraction of sp³-hybridized carbons (Fsp3) is 0.588.